The molecule has 1 N–H and O–H groups in total. The van der Waals surface area contributed by atoms with Gasteiger partial charge in [0.05, 0.1) is 57.0 Å². The summed E-state index contributed by atoms with van der Waals surface area (Å²) in [7, 11) is 0. The van der Waals surface area contributed by atoms with Crippen LogP contribution in [-0.4, -0.2) is 73.7 Å². The Kier molecular flexibility index (Phi) is 9.10. The maximum Gasteiger partial charge on any atom is 0.287 e. The van der Waals surface area contributed by atoms with Gasteiger partial charge < -0.3 is 24.4 Å². The lowest BCUT2D eigenvalue weighted by atomic mass is 9.89. The third-order valence-electron chi connectivity index (χ3n) is 7.71. The third kappa shape index (κ3) is 6.62. The van der Waals surface area contributed by atoms with Crippen LogP contribution in [0.5, 0.6) is 0 Å². The van der Waals surface area contributed by atoms with Crippen LogP contribution in [0.1, 0.15) is 44.6 Å². The van der Waals surface area contributed by atoms with Gasteiger partial charge in [-0.15, -0.1) is 0 Å². The number of hydrogen-bond donors (Lipinski definition) is 1. The number of nitrogens with one attached hydrogen (secondary N) is 1. The van der Waals surface area contributed by atoms with Crippen LogP contribution < -0.4 is 15.8 Å². The van der Waals surface area contributed by atoms with Crippen molar-refractivity contribution in [3.63, 3.8) is 0 Å². The number of aromatic nitrogens is 2. The SMILES string of the molecule is O=c1c(Cl)c(NC[C@]2(F)CCCOC2)cnn1[C@H]1CC[C@H](N(C[C@@H]2COCCO2)c2ccc(Cl)cc2)CC1. The second-order valence-electron chi connectivity index (χ2n) is 10.4. The molecule has 1 aliphatic carbocycles. The summed E-state index contributed by atoms with van der Waals surface area (Å²) in [5.41, 5.74) is -0.377. The molecule has 5 rings (SSSR count). The molecule has 0 spiro atoms. The van der Waals surface area contributed by atoms with Crippen LogP contribution >= 0.6 is 23.2 Å². The quantitative estimate of drug-likeness (QED) is 0.486. The third-order valence-corrected chi connectivity index (χ3v) is 8.33. The average molecular weight is 570 g/mol. The highest BCUT2D eigenvalue weighted by Gasteiger charge is 2.34. The van der Waals surface area contributed by atoms with Gasteiger partial charge in [0, 0.05) is 29.9 Å². The van der Waals surface area contributed by atoms with E-state index in [1.54, 1.807) is 0 Å². The van der Waals surface area contributed by atoms with Crippen LogP contribution in [0, 0.1) is 0 Å². The molecule has 1 saturated carbocycles. The number of benzene rings is 1. The Morgan fingerprint density at radius 3 is 2.58 bits per heavy atom. The van der Waals surface area contributed by atoms with Crippen molar-refractivity contribution in [1.29, 1.82) is 0 Å². The van der Waals surface area contributed by atoms with Crippen molar-refractivity contribution in [2.75, 3.05) is 56.3 Å². The zero-order valence-electron chi connectivity index (χ0n) is 21.4. The summed E-state index contributed by atoms with van der Waals surface area (Å²) >= 11 is 12.6. The summed E-state index contributed by atoms with van der Waals surface area (Å²) in [6.07, 6.45) is 5.97. The minimum atomic E-state index is -1.47. The molecule has 0 unspecified atom stereocenters. The Balaban J connectivity index is 1.24. The van der Waals surface area contributed by atoms with Crippen molar-refractivity contribution >= 4 is 34.6 Å². The second kappa shape index (κ2) is 12.5. The summed E-state index contributed by atoms with van der Waals surface area (Å²) in [5.74, 6) is 0. The van der Waals surface area contributed by atoms with Gasteiger partial charge in [-0.1, -0.05) is 23.2 Å². The molecule has 0 bridgehead atoms. The molecule has 8 nitrogen and oxygen atoms in total. The van der Waals surface area contributed by atoms with E-state index < -0.39 is 5.67 Å². The van der Waals surface area contributed by atoms with Crippen molar-refractivity contribution < 1.29 is 18.6 Å². The molecule has 0 radical (unpaired) electrons. The molecule has 2 saturated heterocycles. The first-order valence-corrected chi connectivity index (χ1v) is 14.2. The smallest absolute Gasteiger partial charge is 0.287 e. The van der Waals surface area contributed by atoms with Crippen molar-refractivity contribution in [3.8, 4) is 0 Å². The number of alkyl halides is 1. The van der Waals surface area contributed by atoms with Gasteiger partial charge in [-0.25, -0.2) is 9.07 Å². The lowest BCUT2D eigenvalue weighted by Crippen LogP contribution is -2.46. The predicted octanol–water partition coefficient (Wildman–Crippen LogP) is 4.89. The highest BCUT2D eigenvalue weighted by molar-refractivity contribution is 6.33. The van der Waals surface area contributed by atoms with Gasteiger partial charge in [-0.05, 0) is 62.8 Å². The Bertz CT molecular complexity index is 1120. The Morgan fingerprint density at radius 1 is 1.11 bits per heavy atom. The molecule has 3 fully saturated rings. The monoisotopic (exact) mass is 568 g/mol. The molecular formula is C27H35Cl2FN4O4. The second-order valence-corrected chi connectivity index (χ2v) is 11.3. The van der Waals surface area contributed by atoms with E-state index in [0.717, 1.165) is 37.9 Å². The van der Waals surface area contributed by atoms with Crippen molar-refractivity contribution in [1.82, 2.24) is 9.78 Å². The molecular weight excluding hydrogens is 534 g/mol. The maximum absolute atomic E-state index is 14.9. The molecule has 11 heteroatoms. The number of nitrogens with zero attached hydrogens (tertiary/aromatic N) is 3. The van der Waals surface area contributed by atoms with Crippen LogP contribution in [-0.2, 0) is 14.2 Å². The topological polar surface area (TPSA) is 77.9 Å². The first kappa shape index (κ1) is 27.6. The normalized spacial score (nSPS) is 28.1. The lowest BCUT2D eigenvalue weighted by molar-refractivity contribution is -0.0847. The zero-order chi connectivity index (χ0) is 26.5. The van der Waals surface area contributed by atoms with Crippen LogP contribution in [0.4, 0.5) is 15.8 Å². The maximum atomic E-state index is 14.9. The molecule has 2 aliphatic heterocycles. The van der Waals surface area contributed by atoms with E-state index in [1.165, 1.54) is 10.9 Å². The van der Waals surface area contributed by atoms with E-state index in [0.29, 0.717) is 50.0 Å². The van der Waals surface area contributed by atoms with Gasteiger partial charge in [0.1, 0.15) is 5.02 Å². The minimum Gasteiger partial charge on any atom is -0.379 e. The van der Waals surface area contributed by atoms with E-state index >= 15 is 0 Å². The molecule has 2 aromatic rings. The highest BCUT2D eigenvalue weighted by atomic mass is 35.5. The molecule has 208 valence electrons. The molecule has 38 heavy (non-hydrogen) atoms. The van der Waals surface area contributed by atoms with Crippen LogP contribution in [0.15, 0.2) is 35.3 Å². The number of hydrogen-bond acceptors (Lipinski definition) is 7. The molecule has 1 aromatic carbocycles. The van der Waals surface area contributed by atoms with Crippen molar-refractivity contribution in [2.24, 2.45) is 0 Å². The highest BCUT2D eigenvalue weighted by Crippen LogP contribution is 2.34. The standard InChI is InChI=1S/C27H35Cl2FN4O4/c28-19-2-4-20(5-3-19)33(15-23-16-36-12-13-38-23)21-6-8-22(9-7-21)34-26(35)25(29)24(14-32-34)31-17-27(30)10-1-11-37-18-27/h2-5,14,21-23,31H,1,6-13,15-18H2/t21-,22-,23-,27-/m1/s1. The molecule has 3 heterocycles. The molecule has 3 aliphatic rings. The summed E-state index contributed by atoms with van der Waals surface area (Å²) in [6, 6.07) is 8.11. The van der Waals surface area contributed by atoms with Crippen LogP contribution in [0.3, 0.4) is 0 Å². The first-order chi connectivity index (χ1) is 18.4. The Hall–Kier alpha value is -1.91. The van der Waals surface area contributed by atoms with E-state index in [2.05, 4.69) is 15.3 Å². The van der Waals surface area contributed by atoms with E-state index in [-0.39, 0.29) is 41.9 Å². The largest absolute Gasteiger partial charge is 0.379 e. The summed E-state index contributed by atoms with van der Waals surface area (Å²) < 4.78 is 33.2. The Morgan fingerprint density at radius 2 is 1.89 bits per heavy atom. The lowest BCUT2D eigenvalue weighted by Gasteiger charge is -2.40. The fraction of sp³-hybridized carbons (Fsp3) is 0.630. The summed E-state index contributed by atoms with van der Waals surface area (Å²) in [5, 5.41) is 8.13. The zero-order valence-corrected chi connectivity index (χ0v) is 22.9. The summed E-state index contributed by atoms with van der Waals surface area (Å²) in [6.45, 7) is 3.18. The van der Waals surface area contributed by atoms with Gasteiger partial charge in [-0.2, -0.15) is 5.10 Å². The minimum absolute atomic E-state index is 0.00363. The number of halogens is 3. The van der Waals surface area contributed by atoms with E-state index in [4.69, 9.17) is 37.4 Å². The fourth-order valence-corrected chi connectivity index (χ4v) is 5.94. The van der Waals surface area contributed by atoms with Gasteiger partial charge in [0.15, 0.2) is 5.67 Å². The van der Waals surface area contributed by atoms with Crippen LogP contribution in [0.25, 0.3) is 0 Å². The number of rotatable bonds is 8. The molecule has 1 aromatic heterocycles. The first-order valence-electron chi connectivity index (χ1n) is 13.4. The number of ether oxygens (including phenoxy) is 3. The van der Waals surface area contributed by atoms with E-state index in [9.17, 15) is 9.18 Å². The predicted molar refractivity (Wildman–Crippen MR) is 147 cm³/mol. The van der Waals surface area contributed by atoms with Gasteiger partial charge >= 0.3 is 0 Å². The Labute approximate surface area is 232 Å². The van der Waals surface area contributed by atoms with Gasteiger partial charge in [0.2, 0.25) is 0 Å². The fourth-order valence-electron chi connectivity index (χ4n) is 5.61. The van der Waals surface area contributed by atoms with Gasteiger partial charge in [0.25, 0.3) is 5.56 Å². The average Bonchev–Trinajstić information content (AvgIpc) is 2.94. The van der Waals surface area contributed by atoms with E-state index in [1.807, 2.05) is 24.3 Å². The molecule has 2 atom stereocenters. The molecule has 0 amide bonds. The van der Waals surface area contributed by atoms with Crippen LogP contribution in [0.2, 0.25) is 10.0 Å². The van der Waals surface area contributed by atoms with Crippen molar-refractivity contribution in [2.45, 2.75) is 62.4 Å². The number of anilines is 2. The van der Waals surface area contributed by atoms with Crippen molar-refractivity contribution in [3.05, 3.63) is 50.9 Å². The van der Waals surface area contributed by atoms with Gasteiger partial charge in [-0.3, -0.25) is 4.79 Å². The summed E-state index contributed by atoms with van der Waals surface area (Å²) in [4.78, 5) is 15.5.